The van der Waals surface area contributed by atoms with E-state index in [4.69, 9.17) is 14.2 Å². The first kappa shape index (κ1) is 43.9. The van der Waals surface area contributed by atoms with Crippen LogP contribution in [0.4, 0.5) is 4.79 Å². The van der Waals surface area contributed by atoms with E-state index in [-0.39, 0.29) is 23.9 Å². The first-order chi connectivity index (χ1) is 22.5. The number of rotatable bonds is 24. The minimum absolute atomic E-state index is 0.00499. The molecule has 9 unspecified atom stereocenters. The molecule has 0 spiro atoms. The highest BCUT2D eigenvalue weighted by atomic mass is 16.6. The fourth-order valence-electron chi connectivity index (χ4n) is 5.79. The van der Waals surface area contributed by atoms with Crippen molar-refractivity contribution in [1.82, 2.24) is 9.80 Å². The zero-order chi connectivity index (χ0) is 36.7. The van der Waals surface area contributed by atoms with Gasteiger partial charge in [-0.15, -0.1) is 0 Å². The summed E-state index contributed by atoms with van der Waals surface area (Å²) in [5.41, 5.74) is -1.54. The number of ether oxygens (including phenoxy) is 3. The lowest BCUT2D eigenvalue weighted by molar-refractivity contribution is -0.117. The Hall–Kier alpha value is -2.08. The Morgan fingerprint density at radius 3 is 2.23 bits per heavy atom. The van der Waals surface area contributed by atoms with Crippen LogP contribution >= 0.6 is 0 Å². The van der Waals surface area contributed by atoms with Gasteiger partial charge in [-0.3, -0.25) is 4.79 Å². The molecule has 1 fully saturated rings. The lowest BCUT2D eigenvalue weighted by Crippen LogP contribution is -2.46. The fourth-order valence-corrected chi connectivity index (χ4v) is 5.79. The molecule has 0 aromatic rings. The van der Waals surface area contributed by atoms with Gasteiger partial charge >= 0.3 is 6.09 Å². The summed E-state index contributed by atoms with van der Waals surface area (Å²) < 4.78 is 17.6. The topological polar surface area (TPSA) is 132 Å². The van der Waals surface area contributed by atoms with E-state index in [1.54, 1.807) is 70.2 Å². The highest BCUT2D eigenvalue weighted by molar-refractivity contribution is 5.97. The molecule has 1 amide bonds. The summed E-state index contributed by atoms with van der Waals surface area (Å²) in [7, 11) is 3.28. The summed E-state index contributed by atoms with van der Waals surface area (Å²) in [6, 6.07) is 0. The Bertz CT molecular complexity index is 1060. The van der Waals surface area contributed by atoms with Crippen LogP contribution in [-0.2, 0) is 19.0 Å². The summed E-state index contributed by atoms with van der Waals surface area (Å²) in [4.78, 5) is 30.4. The molecule has 48 heavy (non-hydrogen) atoms. The second-order valence-corrected chi connectivity index (χ2v) is 14.0. The number of amides is 1. The molecule has 10 nitrogen and oxygen atoms in total. The van der Waals surface area contributed by atoms with E-state index in [0.29, 0.717) is 44.2 Å². The van der Waals surface area contributed by atoms with E-state index < -0.39 is 41.5 Å². The number of ketones is 1. The third-order valence-corrected chi connectivity index (χ3v) is 9.87. The molecule has 9 atom stereocenters. The number of Topliss-reactive ketones (excluding diaryl/α,β-unsaturated/α-hetero) is 1. The number of aliphatic hydroxyl groups excluding tert-OH is 2. The summed E-state index contributed by atoms with van der Waals surface area (Å²) in [5.74, 6) is -0.620. The summed E-state index contributed by atoms with van der Waals surface area (Å²) >= 11 is 0. The molecule has 0 bridgehead atoms. The first-order valence-electron chi connectivity index (χ1n) is 18.0. The van der Waals surface area contributed by atoms with Gasteiger partial charge in [-0.25, -0.2) is 4.79 Å². The quantitative estimate of drug-likeness (QED) is 0.0509. The maximum Gasteiger partial charge on any atom is 0.410 e. The van der Waals surface area contributed by atoms with Crippen molar-refractivity contribution in [3.8, 4) is 0 Å². The van der Waals surface area contributed by atoms with Crippen LogP contribution < -0.4 is 0 Å². The standard InChI is InChI=1S/C38H68N2O8/c1-12-30(41)21-23-38(9,46-11)33(48-36(44)39(10)24-17-25-40(14-3)15-4)20-19-28(6)34(43)27(5)18-16-22-37(8,45)26-32-35(47-32)29(7)31(42)13-2/h16,18-20,22,28-33,35,41-42,45H,12-15,17,21,23-26H2,1-11H3/b20-19+,22-16+,27-18+. The van der Waals surface area contributed by atoms with E-state index in [2.05, 4.69) is 18.7 Å². The number of hydrogen-bond donors (Lipinski definition) is 3. The SMILES string of the molecule is CCC(O)CCC(C)(OC)C(/C=C/C(C)C(=O)/C(C)=C/C=C/C(C)(O)CC1OC1C(C)C(O)CC)OC(=O)N(C)CCCN(CC)CC. The van der Waals surface area contributed by atoms with Crippen LogP contribution in [0.15, 0.2) is 36.0 Å². The monoisotopic (exact) mass is 680 g/mol. The molecule has 0 aromatic carbocycles. The lowest BCUT2D eigenvalue weighted by atomic mass is 9.89. The predicted octanol–water partition coefficient (Wildman–Crippen LogP) is 5.69. The van der Waals surface area contributed by atoms with Crippen LogP contribution in [0, 0.1) is 11.8 Å². The molecule has 1 saturated heterocycles. The number of nitrogens with zero attached hydrogens (tertiary/aromatic N) is 2. The number of carbonyl (C=O) groups is 2. The van der Waals surface area contributed by atoms with E-state index in [1.165, 1.54) is 0 Å². The lowest BCUT2D eigenvalue weighted by Gasteiger charge is -2.36. The summed E-state index contributed by atoms with van der Waals surface area (Å²) in [5, 5.41) is 31.3. The number of carbonyl (C=O) groups excluding carboxylic acids is 2. The van der Waals surface area contributed by atoms with Crippen LogP contribution in [-0.4, -0.2) is 119 Å². The molecular formula is C38H68N2O8. The van der Waals surface area contributed by atoms with Gasteiger partial charge < -0.3 is 39.3 Å². The Morgan fingerprint density at radius 1 is 1.02 bits per heavy atom. The van der Waals surface area contributed by atoms with Crippen molar-refractivity contribution < 1.29 is 39.1 Å². The second kappa shape index (κ2) is 21.2. The molecular weight excluding hydrogens is 612 g/mol. The van der Waals surface area contributed by atoms with Crippen molar-refractivity contribution in [2.45, 2.75) is 143 Å². The highest BCUT2D eigenvalue weighted by Gasteiger charge is 2.47. The van der Waals surface area contributed by atoms with Crippen molar-refractivity contribution in [3.63, 3.8) is 0 Å². The average Bonchev–Trinajstić information content (AvgIpc) is 3.83. The number of hydrogen-bond acceptors (Lipinski definition) is 9. The normalized spacial score (nSPS) is 22.6. The maximum atomic E-state index is 13.3. The zero-order valence-electron chi connectivity index (χ0n) is 31.8. The van der Waals surface area contributed by atoms with Crippen molar-refractivity contribution >= 4 is 11.9 Å². The number of allylic oxidation sites excluding steroid dienone is 4. The van der Waals surface area contributed by atoms with Crippen LogP contribution in [0.2, 0.25) is 0 Å². The second-order valence-electron chi connectivity index (χ2n) is 14.0. The zero-order valence-corrected chi connectivity index (χ0v) is 31.8. The molecule has 1 aliphatic heterocycles. The van der Waals surface area contributed by atoms with Gasteiger partial charge in [0.25, 0.3) is 0 Å². The summed E-state index contributed by atoms with van der Waals surface area (Å²) in [6.07, 6.45) is 9.51. The number of methoxy groups -OCH3 is 1. The van der Waals surface area contributed by atoms with Gasteiger partial charge in [0.15, 0.2) is 11.9 Å². The summed E-state index contributed by atoms with van der Waals surface area (Å²) in [6.45, 7) is 20.5. The van der Waals surface area contributed by atoms with Gasteiger partial charge in [0, 0.05) is 39.0 Å². The molecule has 3 N–H and O–H groups in total. The number of aliphatic hydroxyl groups is 3. The van der Waals surface area contributed by atoms with E-state index in [0.717, 1.165) is 26.1 Å². The molecule has 1 aliphatic rings. The van der Waals surface area contributed by atoms with Gasteiger partial charge in [0.1, 0.15) is 5.60 Å². The largest absolute Gasteiger partial charge is 0.439 e. The van der Waals surface area contributed by atoms with Crippen LogP contribution in [0.1, 0.15) is 101 Å². The molecule has 10 heteroatoms. The fraction of sp³-hybridized carbons (Fsp3) is 0.789. The van der Waals surface area contributed by atoms with Gasteiger partial charge in [-0.1, -0.05) is 65.8 Å². The Labute approximate surface area is 291 Å². The molecule has 0 radical (unpaired) electrons. The van der Waals surface area contributed by atoms with Crippen molar-refractivity contribution in [3.05, 3.63) is 36.0 Å². The number of epoxide rings is 1. The van der Waals surface area contributed by atoms with Gasteiger partial charge in [0.2, 0.25) is 0 Å². The van der Waals surface area contributed by atoms with Crippen LogP contribution in [0.25, 0.3) is 0 Å². The molecule has 1 heterocycles. The third-order valence-electron chi connectivity index (χ3n) is 9.87. The van der Waals surface area contributed by atoms with Crippen molar-refractivity contribution in [1.29, 1.82) is 0 Å². The minimum Gasteiger partial charge on any atom is -0.439 e. The molecule has 0 aromatic heterocycles. The van der Waals surface area contributed by atoms with Gasteiger partial charge in [-0.05, 0) is 84.2 Å². The average molecular weight is 681 g/mol. The van der Waals surface area contributed by atoms with Gasteiger partial charge in [-0.2, -0.15) is 0 Å². The van der Waals surface area contributed by atoms with Crippen LogP contribution in [0.5, 0.6) is 0 Å². The minimum atomic E-state index is -1.13. The van der Waals surface area contributed by atoms with Crippen molar-refractivity contribution in [2.75, 3.05) is 40.3 Å². The van der Waals surface area contributed by atoms with E-state index in [1.807, 2.05) is 27.7 Å². The molecule has 0 saturated carbocycles. The Balaban J connectivity index is 2.99. The third kappa shape index (κ3) is 14.8. The predicted molar refractivity (Wildman–Crippen MR) is 192 cm³/mol. The van der Waals surface area contributed by atoms with E-state index in [9.17, 15) is 24.9 Å². The maximum absolute atomic E-state index is 13.3. The molecule has 278 valence electrons. The molecule has 1 rings (SSSR count). The smallest absolute Gasteiger partial charge is 0.410 e. The Kier molecular flexibility index (Phi) is 19.4. The molecule has 0 aliphatic carbocycles. The highest BCUT2D eigenvalue weighted by Crippen LogP contribution is 2.37. The first-order valence-corrected chi connectivity index (χ1v) is 18.0. The van der Waals surface area contributed by atoms with E-state index >= 15 is 0 Å². The van der Waals surface area contributed by atoms with Crippen LogP contribution in [0.3, 0.4) is 0 Å². The Morgan fingerprint density at radius 2 is 1.67 bits per heavy atom. The van der Waals surface area contributed by atoms with Crippen molar-refractivity contribution in [2.24, 2.45) is 11.8 Å². The van der Waals surface area contributed by atoms with Gasteiger partial charge in [0.05, 0.1) is 30.0 Å².